The van der Waals surface area contributed by atoms with Crippen LogP contribution in [0, 0.1) is 6.92 Å². The molecule has 0 saturated carbocycles. The Balaban J connectivity index is 2.31. The van der Waals surface area contributed by atoms with Gasteiger partial charge in [-0.2, -0.15) is 0 Å². The Morgan fingerprint density at radius 2 is 2.33 bits per heavy atom. The summed E-state index contributed by atoms with van der Waals surface area (Å²) in [6.45, 7) is 2.62. The van der Waals surface area contributed by atoms with Gasteiger partial charge in [-0.15, -0.1) is 0 Å². The summed E-state index contributed by atoms with van der Waals surface area (Å²) in [6, 6.07) is 5.74. The fourth-order valence-electron chi connectivity index (χ4n) is 2.08. The molecule has 1 atom stereocenters. The zero-order valence-corrected chi connectivity index (χ0v) is 11.8. The summed E-state index contributed by atoms with van der Waals surface area (Å²) in [6.07, 6.45) is 0.525. The lowest BCUT2D eigenvalue weighted by atomic mass is 10.1. The normalized spacial score (nSPS) is 20.3. The third kappa shape index (κ3) is 2.74. The minimum absolute atomic E-state index is 0.0465. The summed E-state index contributed by atoms with van der Waals surface area (Å²) in [5.74, 6) is -0.0598. The van der Waals surface area contributed by atoms with Gasteiger partial charge in [-0.1, -0.05) is 22.0 Å². The SMILES string of the molecule is Cc1ccc(N2C(=O)COCC2CCO)cc1Br. The maximum Gasteiger partial charge on any atom is 0.253 e. The van der Waals surface area contributed by atoms with Crippen LogP contribution in [-0.4, -0.2) is 36.9 Å². The Kier molecular flexibility index (Phi) is 4.37. The summed E-state index contributed by atoms with van der Waals surface area (Å²) in [4.78, 5) is 13.7. The first kappa shape index (κ1) is 13.5. The van der Waals surface area contributed by atoms with Crippen LogP contribution >= 0.6 is 15.9 Å². The zero-order valence-electron chi connectivity index (χ0n) is 10.2. The first-order valence-electron chi connectivity index (χ1n) is 5.90. The average molecular weight is 314 g/mol. The molecule has 1 aliphatic rings. The van der Waals surface area contributed by atoms with E-state index in [-0.39, 0.29) is 25.2 Å². The van der Waals surface area contributed by atoms with Gasteiger partial charge in [0.2, 0.25) is 0 Å². The third-order valence-electron chi connectivity index (χ3n) is 3.07. The van der Waals surface area contributed by atoms with Gasteiger partial charge < -0.3 is 14.7 Å². The molecule has 4 nitrogen and oxygen atoms in total. The largest absolute Gasteiger partial charge is 0.396 e. The third-order valence-corrected chi connectivity index (χ3v) is 3.92. The van der Waals surface area contributed by atoms with Crippen molar-refractivity contribution in [1.29, 1.82) is 0 Å². The minimum Gasteiger partial charge on any atom is -0.396 e. The van der Waals surface area contributed by atoms with E-state index in [1.165, 1.54) is 0 Å². The number of halogens is 1. The molecule has 0 spiro atoms. The highest BCUT2D eigenvalue weighted by Gasteiger charge is 2.29. The number of rotatable bonds is 3. The molecule has 0 bridgehead atoms. The summed E-state index contributed by atoms with van der Waals surface area (Å²) in [7, 11) is 0. The summed E-state index contributed by atoms with van der Waals surface area (Å²) in [5.41, 5.74) is 1.97. The molecule has 1 heterocycles. The number of morpholine rings is 1. The van der Waals surface area contributed by atoms with Crippen molar-refractivity contribution in [2.24, 2.45) is 0 Å². The molecule has 1 aliphatic heterocycles. The quantitative estimate of drug-likeness (QED) is 0.927. The Morgan fingerprint density at radius 3 is 3.00 bits per heavy atom. The van der Waals surface area contributed by atoms with Gasteiger partial charge in [0.1, 0.15) is 6.61 Å². The molecule has 1 unspecified atom stereocenters. The predicted octanol–water partition coefficient (Wildman–Crippen LogP) is 1.87. The number of anilines is 1. The maximum atomic E-state index is 12.0. The van der Waals surface area contributed by atoms with Crippen molar-refractivity contribution in [3.8, 4) is 0 Å². The zero-order chi connectivity index (χ0) is 13.1. The van der Waals surface area contributed by atoms with Crippen LogP contribution in [0.5, 0.6) is 0 Å². The van der Waals surface area contributed by atoms with E-state index in [2.05, 4.69) is 15.9 Å². The van der Waals surface area contributed by atoms with Gasteiger partial charge in [0.25, 0.3) is 5.91 Å². The van der Waals surface area contributed by atoms with Crippen LogP contribution in [0.4, 0.5) is 5.69 Å². The molecule has 1 saturated heterocycles. The number of ether oxygens (including phenoxy) is 1. The number of amides is 1. The van der Waals surface area contributed by atoms with Crippen molar-refractivity contribution >= 4 is 27.5 Å². The smallest absolute Gasteiger partial charge is 0.253 e. The topological polar surface area (TPSA) is 49.8 Å². The van der Waals surface area contributed by atoms with E-state index in [1.807, 2.05) is 25.1 Å². The molecule has 0 radical (unpaired) electrons. The van der Waals surface area contributed by atoms with Crippen LogP contribution in [-0.2, 0) is 9.53 Å². The van der Waals surface area contributed by atoms with E-state index < -0.39 is 0 Å². The van der Waals surface area contributed by atoms with Crippen LogP contribution in [0.2, 0.25) is 0 Å². The van der Waals surface area contributed by atoms with Crippen molar-refractivity contribution in [3.63, 3.8) is 0 Å². The van der Waals surface area contributed by atoms with Gasteiger partial charge in [-0.25, -0.2) is 0 Å². The number of aliphatic hydroxyl groups excluding tert-OH is 1. The second kappa shape index (κ2) is 5.82. The van der Waals surface area contributed by atoms with Crippen molar-refractivity contribution in [3.05, 3.63) is 28.2 Å². The Morgan fingerprint density at radius 1 is 1.56 bits per heavy atom. The van der Waals surface area contributed by atoms with Crippen LogP contribution < -0.4 is 4.90 Å². The molecule has 1 N–H and O–H groups in total. The minimum atomic E-state index is -0.0918. The lowest BCUT2D eigenvalue weighted by Gasteiger charge is -2.35. The predicted molar refractivity (Wildman–Crippen MR) is 72.7 cm³/mol. The molecule has 18 heavy (non-hydrogen) atoms. The highest BCUT2D eigenvalue weighted by Crippen LogP contribution is 2.27. The lowest BCUT2D eigenvalue weighted by Crippen LogP contribution is -2.50. The number of carbonyl (C=O) groups excluding carboxylic acids is 1. The molecule has 1 fully saturated rings. The average Bonchev–Trinajstić information content (AvgIpc) is 2.34. The number of aryl methyl sites for hydroxylation is 1. The second-order valence-electron chi connectivity index (χ2n) is 4.38. The maximum absolute atomic E-state index is 12.0. The highest BCUT2D eigenvalue weighted by atomic mass is 79.9. The second-order valence-corrected chi connectivity index (χ2v) is 5.23. The van der Waals surface area contributed by atoms with Gasteiger partial charge in [-0.3, -0.25) is 4.79 Å². The molecule has 0 aromatic heterocycles. The van der Waals surface area contributed by atoms with Gasteiger partial charge in [0, 0.05) is 16.8 Å². The summed E-state index contributed by atoms with van der Waals surface area (Å²) < 4.78 is 6.21. The standard InChI is InChI=1S/C13H16BrNO3/c1-9-2-3-10(6-12(9)14)15-11(4-5-16)7-18-8-13(15)17/h2-3,6,11,16H,4-5,7-8H2,1H3. The summed E-state index contributed by atoms with van der Waals surface area (Å²) >= 11 is 3.47. The molecule has 98 valence electrons. The first-order chi connectivity index (χ1) is 8.63. The van der Waals surface area contributed by atoms with Crippen molar-refractivity contribution in [2.45, 2.75) is 19.4 Å². The van der Waals surface area contributed by atoms with E-state index in [9.17, 15) is 4.79 Å². The first-order valence-corrected chi connectivity index (χ1v) is 6.69. The summed E-state index contributed by atoms with van der Waals surface area (Å²) in [5, 5.41) is 9.07. The van der Waals surface area contributed by atoms with E-state index in [0.717, 1.165) is 15.7 Å². The van der Waals surface area contributed by atoms with Gasteiger partial charge >= 0.3 is 0 Å². The number of carbonyl (C=O) groups is 1. The van der Waals surface area contributed by atoms with Gasteiger partial charge in [-0.05, 0) is 31.0 Å². The molecule has 2 rings (SSSR count). The monoisotopic (exact) mass is 313 g/mol. The fraction of sp³-hybridized carbons (Fsp3) is 0.462. The molecular formula is C13H16BrNO3. The fourth-order valence-corrected chi connectivity index (χ4v) is 2.44. The molecule has 1 amide bonds. The van der Waals surface area contributed by atoms with Gasteiger partial charge in [0.15, 0.2) is 0 Å². The van der Waals surface area contributed by atoms with Crippen LogP contribution in [0.15, 0.2) is 22.7 Å². The van der Waals surface area contributed by atoms with Crippen molar-refractivity contribution < 1.29 is 14.6 Å². The number of hydrogen-bond acceptors (Lipinski definition) is 3. The Hall–Kier alpha value is -0.910. The van der Waals surface area contributed by atoms with Crippen molar-refractivity contribution in [2.75, 3.05) is 24.7 Å². The van der Waals surface area contributed by atoms with E-state index in [4.69, 9.17) is 9.84 Å². The molecule has 0 aliphatic carbocycles. The molecule has 1 aromatic rings. The number of nitrogens with zero attached hydrogens (tertiary/aromatic N) is 1. The number of hydrogen-bond donors (Lipinski definition) is 1. The number of benzene rings is 1. The highest BCUT2D eigenvalue weighted by molar-refractivity contribution is 9.10. The Bertz CT molecular complexity index is 448. The van der Waals surface area contributed by atoms with E-state index in [0.29, 0.717) is 13.0 Å². The van der Waals surface area contributed by atoms with E-state index in [1.54, 1.807) is 4.90 Å². The molecular weight excluding hydrogens is 298 g/mol. The number of aliphatic hydroxyl groups is 1. The van der Waals surface area contributed by atoms with Crippen molar-refractivity contribution in [1.82, 2.24) is 0 Å². The lowest BCUT2D eigenvalue weighted by molar-refractivity contribution is -0.127. The molecule has 1 aromatic carbocycles. The van der Waals surface area contributed by atoms with Crippen LogP contribution in [0.25, 0.3) is 0 Å². The van der Waals surface area contributed by atoms with Crippen LogP contribution in [0.1, 0.15) is 12.0 Å². The van der Waals surface area contributed by atoms with E-state index >= 15 is 0 Å². The van der Waals surface area contributed by atoms with Crippen LogP contribution in [0.3, 0.4) is 0 Å². The Labute approximate surface area is 115 Å². The molecule has 5 heteroatoms. The van der Waals surface area contributed by atoms with Gasteiger partial charge in [0.05, 0.1) is 12.6 Å².